The number of H-pyrrole nitrogens is 1. The summed E-state index contributed by atoms with van der Waals surface area (Å²) < 4.78 is 1.13. The minimum Gasteiger partial charge on any atom is -0.369 e. The number of fused-ring (bicyclic) bond motifs is 1. The summed E-state index contributed by atoms with van der Waals surface area (Å²) in [5.74, 6) is 0. The second-order valence-corrected chi connectivity index (χ2v) is 6.87. The molecule has 0 saturated carbocycles. The standard InChI is InChI=1S/C18H19BrN4/c19-15-3-5-16(6-4-15)23-10-8-22(9-11-23)13-14-12-21-18-17(14)2-1-7-20-18/h1-7,12H,8-11,13H2,(H,20,21). The Bertz CT molecular complexity index is 788. The molecule has 5 heteroatoms. The zero-order valence-electron chi connectivity index (χ0n) is 12.9. The molecule has 1 fully saturated rings. The topological polar surface area (TPSA) is 35.2 Å². The molecule has 3 heterocycles. The Balaban J connectivity index is 1.41. The third-order valence-corrected chi connectivity index (χ3v) is 5.02. The van der Waals surface area contributed by atoms with Crippen LogP contribution in [0.15, 0.2) is 53.3 Å². The molecule has 0 spiro atoms. The Morgan fingerprint density at radius 3 is 2.61 bits per heavy atom. The number of rotatable bonds is 3. The number of aromatic amines is 1. The average molecular weight is 371 g/mol. The summed E-state index contributed by atoms with van der Waals surface area (Å²) in [5, 5.41) is 1.24. The third-order valence-electron chi connectivity index (χ3n) is 4.49. The minimum atomic E-state index is 0.982. The van der Waals surface area contributed by atoms with E-state index in [-0.39, 0.29) is 0 Å². The molecule has 1 aromatic carbocycles. The van der Waals surface area contributed by atoms with E-state index in [0.717, 1.165) is 42.8 Å². The zero-order chi connectivity index (χ0) is 15.6. The molecule has 4 rings (SSSR count). The molecule has 1 saturated heterocycles. The number of nitrogens with one attached hydrogen (secondary N) is 1. The summed E-state index contributed by atoms with van der Waals surface area (Å²) in [6.45, 7) is 5.30. The number of nitrogens with zero attached hydrogens (tertiary/aromatic N) is 3. The van der Waals surface area contributed by atoms with Crippen LogP contribution < -0.4 is 4.90 Å². The first kappa shape index (κ1) is 14.7. The lowest BCUT2D eigenvalue weighted by atomic mass is 10.2. The van der Waals surface area contributed by atoms with Crippen molar-refractivity contribution < 1.29 is 0 Å². The van der Waals surface area contributed by atoms with Crippen molar-refractivity contribution in [1.29, 1.82) is 0 Å². The van der Waals surface area contributed by atoms with Gasteiger partial charge in [0.25, 0.3) is 0 Å². The number of piperazine rings is 1. The van der Waals surface area contributed by atoms with Gasteiger partial charge in [0.1, 0.15) is 5.65 Å². The molecule has 4 nitrogen and oxygen atoms in total. The highest BCUT2D eigenvalue weighted by Gasteiger charge is 2.18. The number of hydrogen-bond donors (Lipinski definition) is 1. The molecule has 23 heavy (non-hydrogen) atoms. The molecule has 1 aliphatic heterocycles. The number of pyridine rings is 1. The quantitative estimate of drug-likeness (QED) is 0.764. The molecular weight excluding hydrogens is 352 g/mol. The average Bonchev–Trinajstić information content (AvgIpc) is 3.00. The van der Waals surface area contributed by atoms with Crippen LogP contribution in [0.3, 0.4) is 0 Å². The molecule has 1 N–H and O–H groups in total. The minimum absolute atomic E-state index is 0.982. The Labute approximate surface area is 144 Å². The second-order valence-electron chi connectivity index (χ2n) is 5.95. The lowest BCUT2D eigenvalue weighted by molar-refractivity contribution is 0.250. The maximum atomic E-state index is 4.37. The van der Waals surface area contributed by atoms with Crippen LogP contribution in [0.5, 0.6) is 0 Å². The van der Waals surface area contributed by atoms with Crippen molar-refractivity contribution in [2.45, 2.75) is 6.54 Å². The highest BCUT2D eigenvalue weighted by molar-refractivity contribution is 9.10. The third kappa shape index (κ3) is 3.12. The maximum absolute atomic E-state index is 4.37. The molecule has 2 aromatic heterocycles. The van der Waals surface area contributed by atoms with Crippen molar-refractivity contribution in [3.63, 3.8) is 0 Å². The smallest absolute Gasteiger partial charge is 0.137 e. The van der Waals surface area contributed by atoms with E-state index in [9.17, 15) is 0 Å². The summed E-state index contributed by atoms with van der Waals surface area (Å²) in [5.41, 5.74) is 3.63. The van der Waals surface area contributed by atoms with E-state index < -0.39 is 0 Å². The van der Waals surface area contributed by atoms with E-state index in [4.69, 9.17) is 0 Å². The first-order chi connectivity index (χ1) is 11.3. The Morgan fingerprint density at radius 1 is 1.04 bits per heavy atom. The predicted molar refractivity (Wildman–Crippen MR) is 97.7 cm³/mol. The van der Waals surface area contributed by atoms with Crippen LogP contribution in [-0.2, 0) is 6.54 Å². The van der Waals surface area contributed by atoms with E-state index in [0.29, 0.717) is 0 Å². The summed E-state index contributed by atoms with van der Waals surface area (Å²) >= 11 is 3.50. The van der Waals surface area contributed by atoms with Gasteiger partial charge in [-0.15, -0.1) is 0 Å². The van der Waals surface area contributed by atoms with Gasteiger partial charge in [-0.25, -0.2) is 4.98 Å². The van der Waals surface area contributed by atoms with Crippen molar-refractivity contribution in [1.82, 2.24) is 14.9 Å². The van der Waals surface area contributed by atoms with Crippen LogP contribution in [0.2, 0.25) is 0 Å². The van der Waals surface area contributed by atoms with Crippen LogP contribution in [-0.4, -0.2) is 41.0 Å². The van der Waals surface area contributed by atoms with Gasteiger partial charge in [0.15, 0.2) is 0 Å². The largest absolute Gasteiger partial charge is 0.369 e. The van der Waals surface area contributed by atoms with Crippen molar-refractivity contribution in [3.8, 4) is 0 Å². The van der Waals surface area contributed by atoms with E-state index in [1.807, 2.05) is 12.3 Å². The van der Waals surface area contributed by atoms with Gasteiger partial charge in [-0.2, -0.15) is 0 Å². The normalized spacial score (nSPS) is 16.1. The molecule has 118 valence electrons. The molecule has 1 aliphatic rings. The van der Waals surface area contributed by atoms with Gasteiger partial charge in [-0.05, 0) is 42.0 Å². The van der Waals surface area contributed by atoms with Gasteiger partial charge < -0.3 is 9.88 Å². The second kappa shape index (κ2) is 6.34. The molecule has 0 bridgehead atoms. The molecule has 0 unspecified atom stereocenters. The van der Waals surface area contributed by atoms with Gasteiger partial charge in [-0.1, -0.05) is 15.9 Å². The van der Waals surface area contributed by atoms with Gasteiger partial charge in [0.05, 0.1) is 0 Å². The fraction of sp³-hybridized carbons (Fsp3) is 0.278. The predicted octanol–water partition coefficient (Wildman–Crippen LogP) is 3.65. The number of hydrogen-bond acceptors (Lipinski definition) is 3. The summed E-state index contributed by atoms with van der Waals surface area (Å²) in [6, 6.07) is 12.7. The summed E-state index contributed by atoms with van der Waals surface area (Å²) in [6.07, 6.45) is 3.93. The van der Waals surface area contributed by atoms with Crippen LogP contribution >= 0.6 is 15.9 Å². The molecular formula is C18H19BrN4. The first-order valence-electron chi connectivity index (χ1n) is 7.93. The van der Waals surface area contributed by atoms with E-state index in [1.54, 1.807) is 0 Å². The molecule has 3 aromatic rings. The van der Waals surface area contributed by atoms with Crippen LogP contribution in [0.1, 0.15) is 5.56 Å². The highest BCUT2D eigenvalue weighted by atomic mass is 79.9. The SMILES string of the molecule is Brc1ccc(N2CCN(Cc3c[nH]c4ncccc34)CC2)cc1. The Kier molecular flexibility index (Phi) is 4.06. The number of anilines is 1. The first-order valence-corrected chi connectivity index (χ1v) is 8.73. The summed E-state index contributed by atoms with van der Waals surface area (Å²) in [7, 11) is 0. The number of benzene rings is 1. The monoisotopic (exact) mass is 370 g/mol. The summed E-state index contributed by atoms with van der Waals surface area (Å²) in [4.78, 5) is 12.6. The zero-order valence-corrected chi connectivity index (χ0v) is 14.5. The van der Waals surface area contributed by atoms with E-state index >= 15 is 0 Å². The van der Waals surface area contributed by atoms with Gasteiger partial charge >= 0.3 is 0 Å². The lowest BCUT2D eigenvalue weighted by Gasteiger charge is -2.36. The van der Waals surface area contributed by atoms with Gasteiger partial charge in [0, 0.05) is 60.7 Å². The lowest BCUT2D eigenvalue weighted by Crippen LogP contribution is -2.45. The highest BCUT2D eigenvalue weighted by Crippen LogP contribution is 2.22. The van der Waals surface area contributed by atoms with Crippen molar-refractivity contribution in [2.24, 2.45) is 0 Å². The fourth-order valence-electron chi connectivity index (χ4n) is 3.20. The van der Waals surface area contributed by atoms with Gasteiger partial charge in [0.2, 0.25) is 0 Å². The molecule has 0 amide bonds. The van der Waals surface area contributed by atoms with E-state index in [2.05, 4.69) is 72.2 Å². The molecule has 0 radical (unpaired) electrons. The Morgan fingerprint density at radius 2 is 1.83 bits per heavy atom. The Hall–Kier alpha value is -1.85. The molecule has 0 atom stereocenters. The van der Waals surface area contributed by atoms with Crippen molar-refractivity contribution >= 4 is 32.7 Å². The van der Waals surface area contributed by atoms with Crippen molar-refractivity contribution in [3.05, 3.63) is 58.8 Å². The molecule has 0 aliphatic carbocycles. The van der Waals surface area contributed by atoms with Crippen molar-refractivity contribution in [2.75, 3.05) is 31.1 Å². The van der Waals surface area contributed by atoms with Gasteiger partial charge in [-0.3, -0.25) is 4.90 Å². The number of aromatic nitrogens is 2. The van der Waals surface area contributed by atoms with E-state index in [1.165, 1.54) is 16.6 Å². The van der Waals surface area contributed by atoms with Crippen LogP contribution in [0.25, 0.3) is 11.0 Å². The number of halogens is 1. The van der Waals surface area contributed by atoms with Crippen LogP contribution in [0, 0.1) is 0 Å². The fourth-order valence-corrected chi connectivity index (χ4v) is 3.46. The van der Waals surface area contributed by atoms with Crippen LogP contribution in [0.4, 0.5) is 5.69 Å². The maximum Gasteiger partial charge on any atom is 0.137 e.